The van der Waals surface area contributed by atoms with Crippen LogP contribution < -0.4 is 5.32 Å². The molecule has 1 aliphatic carbocycles. The van der Waals surface area contributed by atoms with Gasteiger partial charge < -0.3 is 10.4 Å². The molecule has 1 unspecified atom stereocenters. The van der Waals surface area contributed by atoms with Gasteiger partial charge in [0.15, 0.2) is 0 Å². The van der Waals surface area contributed by atoms with Crippen LogP contribution in [0.1, 0.15) is 34.4 Å². The first-order valence-corrected chi connectivity index (χ1v) is 8.80. The summed E-state index contributed by atoms with van der Waals surface area (Å²) in [6, 6.07) is 9.72. The second-order valence-electron chi connectivity index (χ2n) is 5.96. The highest BCUT2D eigenvalue weighted by molar-refractivity contribution is 7.19. The second kappa shape index (κ2) is 5.91. The van der Waals surface area contributed by atoms with Gasteiger partial charge >= 0.3 is 0 Å². The van der Waals surface area contributed by atoms with Crippen molar-refractivity contribution >= 4 is 27.4 Å². The number of nitrogens with zero attached hydrogens (tertiary/aromatic N) is 2. The minimum absolute atomic E-state index is 0.445. The maximum Gasteiger partial charge on any atom is 0.138 e. The van der Waals surface area contributed by atoms with Gasteiger partial charge in [0.2, 0.25) is 0 Å². The third-order valence-corrected chi connectivity index (χ3v) is 5.51. The third-order valence-electron chi connectivity index (χ3n) is 4.32. The van der Waals surface area contributed by atoms with Crippen LogP contribution in [0.5, 0.6) is 0 Å². The van der Waals surface area contributed by atoms with Gasteiger partial charge in [0.25, 0.3) is 0 Å². The van der Waals surface area contributed by atoms with Gasteiger partial charge in [0.1, 0.15) is 16.5 Å². The number of aryl methyl sites for hydroxylation is 3. The van der Waals surface area contributed by atoms with E-state index >= 15 is 0 Å². The number of hydrogen-bond acceptors (Lipinski definition) is 5. The summed E-state index contributed by atoms with van der Waals surface area (Å²) in [6.07, 6.45) is 2.93. The Morgan fingerprint density at radius 2 is 2.04 bits per heavy atom. The Morgan fingerprint density at radius 1 is 1.22 bits per heavy atom. The van der Waals surface area contributed by atoms with Crippen molar-refractivity contribution in [2.24, 2.45) is 0 Å². The largest absolute Gasteiger partial charge is 0.387 e. The Hall–Kier alpha value is -1.98. The van der Waals surface area contributed by atoms with Gasteiger partial charge in [-0.2, -0.15) is 0 Å². The average molecular weight is 325 g/mol. The molecule has 4 nitrogen and oxygen atoms in total. The van der Waals surface area contributed by atoms with Crippen LogP contribution in [0, 0.1) is 6.92 Å². The summed E-state index contributed by atoms with van der Waals surface area (Å²) in [5.74, 6) is 1.64. The molecule has 2 heterocycles. The average Bonchev–Trinajstić information content (AvgIpc) is 3.13. The van der Waals surface area contributed by atoms with Crippen LogP contribution in [-0.4, -0.2) is 21.6 Å². The molecule has 1 aliphatic rings. The minimum Gasteiger partial charge on any atom is -0.387 e. The van der Waals surface area contributed by atoms with Crippen molar-refractivity contribution in [3.05, 3.63) is 52.2 Å². The molecule has 0 saturated heterocycles. The summed E-state index contributed by atoms with van der Waals surface area (Å²) >= 11 is 1.79. The monoisotopic (exact) mass is 325 g/mol. The van der Waals surface area contributed by atoms with Crippen molar-refractivity contribution in [2.45, 2.75) is 32.3 Å². The summed E-state index contributed by atoms with van der Waals surface area (Å²) in [5, 5.41) is 14.9. The van der Waals surface area contributed by atoms with Crippen molar-refractivity contribution in [1.82, 2.24) is 9.97 Å². The number of anilines is 1. The summed E-state index contributed by atoms with van der Waals surface area (Å²) < 4.78 is 0. The molecule has 4 rings (SSSR count). The van der Waals surface area contributed by atoms with E-state index in [9.17, 15) is 5.11 Å². The van der Waals surface area contributed by atoms with E-state index in [0.717, 1.165) is 40.3 Å². The van der Waals surface area contributed by atoms with E-state index in [4.69, 9.17) is 0 Å². The molecule has 23 heavy (non-hydrogen) atoms. The van der Waals surface area contributed by atoms with Crippen LogP contribution in [0.2, 0.25) is 0 Å². The van der Waals surface area contributed by atoms with Crippen LogP contribution in [0.4, 0.5) is 5.82 Å². The zero-order chi connectivity index (χ0) is 15.8. The van der Waals surface area contributed by atoms with Gasteiger partial charge in [-0.05, 0) is 37.3 Å². The highest BCUT2D eigenvalue weighted by atomic mass is 32.1. The lowest BCUT2D eigenvalue weighted by molar-refractivity contribution is 0.191. The van der Waals surface area contributed by atoms with Gasteiger partial charge in [-0.3, -0.25) is 0 Å². The number of aliphatic hydroxyl groups is 1. The van der Waals surface area contributed by atoms with E-state index in [1.54, 1.807) is 11.3 Å². The maximum absolute atomic E-state index is 10.4. The molecule has 0 spiro atoms. The molecule has 2 aromatic heterocycles. The van der Waals surface area contributed by atoms with E-state index in [1.807, 2.05) is 37.3 Å². The number of nitrogens with one attached hydrogen (secondary N) is 1. The van der Waals surface area contributed by atoms with Crippen molar-refractivity contribution in [2.75, 3.05) is 11.9 Å². The van der Waals surface area contributed by atoms with Gasteiger partial charge in [0.05, 0.1) is 11.5 Å². The number of rotatable bonds is 4. The predicted molar refractivity (Wildman–Crippen MR) is 94.1 cm³/mol. The van der Waals surface area contributed by atoms with Gasteiger partial charge in [-0.25, -0.2) is 9.97 Å². The van der Waals surface area contributed by atoms with Crippen LogP contribution in [0.15, 0.2) is 30.3 Å². The quantitative estimate of drug-likeness (QED) is 0.769. The molecular weight excluding hydrogens is 306 g/mol. The molecule has 0 amide bonds. The van der Waals surface area contributed by atoms with Crippen molar-refractivity contribution < 1.29 is 5.11 Å². The standard InChI is InChI=1S/C18H19N3OS/c1-11-20-17(19-10-14(22)12-6-3-2-4-7-12)16-13-8-5-9-15(13)23-18(16)21-11/h2-4,6-7,14,22H,5,8-10H2,1H3,(H,19,20,21). The van der Waals surface area contributed by atoms with E-state index in [-0.39, 0.29) is 0 Å². The fourth-order valence-corrected chi connectivity index (χ4v) is 4.52. The Labute approximate surface area is 139 Å². The fourth-order valence-electron chi connectivity index (χ4n) is 3.22. The second-order valence-corrected chi connectivity index (χ2v) is 7.05. The highest BCUT2D eigenvalue weighted by Gasteiger charge is 2.22. The summed E-state index contributed by atoms with van der Waals surface area (Å²) in [4.78, 5) is 11.7. The molecule has 118 valence electrons. The summed E-state index contributed by atoms with van der Waals surface area (Å²) in [5.41, 5.74) is 2.32. The number of thiophene rings is 1. The van der Waals surface area contributed by atoms with Gasteiger partial charge in [-0.1, -0.05) is 30.3 Å². The number of aliphatic hydroxyl groups excluding tert-OH is 1. The molecule has 3 aromatic rings. The smallest absolute Gasteiger partial charge is 0.138 e. The molecule has 0 fully saturated rings. The molecule has 5 heteroatoms. The molecule has 1 atom stereocenters. The van der Waals surface area contributed by atoms with E-state index < -0.39 is 6.10 Å². The minimum atomic E-state index is -0.548. The summed E-state index contributed by atoms with van der Waals surface area (Å²) in [6.45, 7) is 2.36. The Kier molecular flexibility index (Phi) is 3.75. The Morgan fingerprint density at radius 3 is 2.87 bits per heavy atom. The number of aromatic nitrogens is 2. The highest BCUT2D eigenvalue weighted by Crippen LogP contribution is 2.39. The third kappa shape index (κ3) is 2.71. The lowest BCUT2D eigenvalue weighted by atomic mass is 10.1. The van der Waals surface area contributed by atoms with E-state index in [0.29, 0.717) is 6.54 Å². The molecule has 2 N–H and O–H groups in total. The Balaban J connectivity index is 1.64. The molecule has 1 aromatic carbocycles. The van der Waals surface area contributed by atoms with E-state index in [1.165, 1.54) is 16.9 Å². The summed E-state index contributed by atoms with van der Waals surface area (Å²) in [7, 11) is 0. The van der Waals surface area contributed by atoms with Crippen molar-refractivity contribution in [3.8, 4) is 0 Å². The lowest BCUT2D eigenvalue weighted by Gasteiger charge is -2.14. The van der Waals surface area contributed by atoms with Crippen molar-refractivity contribution in [1.29, 1.82) is 0 Å². The maximum atomic E-state index is 10.4. The normalized spacial score (nSPS) is 14.9. The molecule has 0 radical (unpaired) electrons. The first kappa shape index (κ1) is 14.6. The SMILES string of the molecule is Cc1nc(NCC(O)c2ccccc2)c2c3c(sc2n1)CCC3. The number of hydrogen-bond donors (Lipinski definition) is 2. The topological polar surface area (TPSA) is 58.0 Å². The van der Waals surface area contributed by atoms with Crippen LogP contribution in [0.25, 0.3) is 10.2 Å². The van der Waals surface area contributed by atoms with Crippen LogP contribution in [0.3, 0.4) is 0 Å². The molecule has 0 aliphatic heterocycles. The molecular formula is C18H19N3OS. The lowest BCUT2D eigenvalue weighted by Crippen LogP contribution is -2.13. The first-order chi connectivity index (χ1) is 11.2. The van der Waals surface area contributed by atoms with Crippen LogP contribution >= 0.6 is 11.3 Å². The first-order valence-electron chi connectivity index (χ1n) is 7.98. The molecule has 0 bridgehead atoms. The van der Waals surface area contributed by atoms with Gasteiger partial charge in [-0.15, -0.1) is 11.3 Å². The van der Waals surface area contributed by atoms with Crippen LogP contribution in [-0.2, 0) is 12.8 Å². The predicted octanol–water partition coefficient (Wildman–Crippen LogP) is 3.63. The number of benzene rings is 1. The fraction of sp³-hybridized carbons (Fsp3) is 0.333. The number of fused-ring (bicyclic) bond motifs is 3. The zero-order valence-electron chi connectivity index (χ0n) is 13.0. The zero-order valence-corrected chi connectivity index (χ0v) is 13.9. The molecule has 0 saturated carbocycles. The van der Waals surface area contributed by atoms with E-state index in [2.05, 4.69) is 15.3 Å². The van der Waals surface area contributed by atoms with Crippen molar-refractivity contribution in [3.63, 3.8) is 0 Å². The Bertz CT molecular complexity index is 844. The van der Waals surface area contributed by atoms with Gasteiger partial charge in [0, 0.05) is 11.4 Å².